The van der Waals surface area contributed by atoms with Crippen LogP contribution in [0.15, 0.2) is 30.7 Å². The van der Waals surface area contributed by atoms with Gasteiger partial charge in [0.2, 0.25) is 0 Å². The molecule has 0 radical (unpaired) electrons. The van der Waals surface area contributed by atoms with E-state index in [1.807, 2.05) is 12.1 Å². The number of amides is 1. The molecule has 0 unspecified atom stereocenters. The monoisotopic (exact) mass is 275 g/mol. The van der Waals surface area contributed by atoms with E-state index in [0.29, 0.717) is 11.4 Å². The number of carbonyl (C=O) groups excluding carboxylic acids is 1. The third-order valence-electron chi connectivity index (χ3n) is 2.57. The lowest BCUT2D eigenvalue weighted by molar-refractivity contribution is 0.0954. The molecule has 5 heteroatoms. The van der Waals surface area contributed by atoms with Crippen LogP contribution in [0.5, 0.6) is 0 Å². The van der Waals surface area contributed by atoms with Crippen LogP contribution in [0.3, 0.4) is 0 Å². The maximum Gasteiger partial charge on any atom is 0.263 e. The summed E-state index contributed by atoms with van der Waals surface area (Å²) in [6, 6.07) is 3.76. The summed E-state index contributed by atoms with van der Waals surface area (Å²) in [6.45, 7) is 6.77. The molecule has 4 nitrogen and oxygen atoms in total. The SMILES string of the molecule is CC(C)(C)c1ncc(C(=O)NCc2ccncc2)s1. The Hall–Kier alpha value is -1.75. The van der Waals surface area contributed by atoms with Crippen molar-refractivity contribution in [3.05, 3.63) is 46.2 Å². The Morgan fingerprint density at radius 3 is 2.58 bits per heavy atom. The van der Waals surface area contributed by atoms with Crippen LogP contribution in [0.25, 0.3) is 0 Å². The largest absolute Gasteiger partial charge is 0.347 e. The van der Waals surface area contributed by atoms with Crippen LogP contribution in [0.4, 0.5) is 0 Å². The number of hydrogen-bond acceptors (Lipinski definition) is 4. The van der Waals surface area contributed by atoms with Crippen molar-refractivity contribution >= 4 is 17.2 Å². The molecule has 0 saturated carbocycles. The highest BCUT2D eigenvalue weighted by Gasteiger charge is 2.20. The van der Waals surface area contributed by atoms with E-state index in [-0.39, 0.29) is 11.3 Å². The first-order valence-corrected chi connectivity index (χ1v) is 6.92. The molecule has 2 aromatic heterocycles. The number of hydrogen-bond donors (Lipinski definition) is 1. The maximum atomic E-state index is 12.0. The van der Waals surface area contributed by atoms with Crippen molar-refractivity contribution in [2.75, 3.05) is 0 Å². The summed E-state index contributed by atoms with van der Waals surface area (Å²) in [7, 11) is 0. The Balaban J connectivity index is 1.99. The van der Waals surface area contributed by atoms with Crippen molar-refractivity contribution in [1.29, 1.82) is 0 Å². The molecule has 0 aromatic carbocycles. The van der Waals surface area contributed by atoms with Gasteiger partial charge in [-0.15, -0.1) is 11.3 Å². The summed E-state index contributed by atoms with van der Waals surface area (Å²) in [5, 5.41) is 3.86. The van der Waals surface area contributed by atoms with Gasteiger partial charge in [-0.1, -0.05) is 20.8 Å². The Morgan fingerprint density at radius 1 is 1.32 bits per heavy atom. The van der Waals surface area contributed by atoms with Gasteiger partial charge in [0.25, 0.3) is 5.91 Å². The van der Waals surface area contributed by atoms with Gasteiger partial charge in [-0.25, -0.2) is 4.98 Å². The second-order valence-corrected chi connectivity index (χ2v) is 6.35. The van der Waals surface area contributed by atoms with E-state index in [0.717, 1.165) is 10.6 Å². The van der Waals surface area contributed by atoms with Crippen molar-refractivity contribution in [1.82, 2.24) is 15.3 Å². The van der Waals surface area contributed by atoms with Crippen molar-refractivity contribution in [2.24, 2.45) is 0 Å². The van der Waals surface area contributed by atoms with Gasteiger partial charge in [0.15, 0.2) is 0 Å². The number of carbonyl (C=O) groups is 1. The summed E-state index contributed by atoms with van der Waals surface area (Å²) < 4.78 is 0. The van der Waals surface area contributed by atoms with Crippen molar-refractivity contribution < 1.29 is 4.79 Å². The Labute approximate surface area is 116 Å². The van der Waals surface area contributed by atoms with Crippen LogP contribution >= 0.6 is 11.3 Å². The second-order valence-electron chi connectivity index (χ2n) is 5.32. The van der Waals surface area contributed by atoms with Gasteiger partial charge in [-0.05, 0) is 17.7 Å². The molecule has 0 saturated heterocycles. The first-order chi connectivity index (χ1) is 8.97. The fourth-order valence-corrected chi connectivity index (χ4v) is 2.39. The van der Waals surface area contributed by atoms with Gasteiger partial charge in [0.1, 0.15) is 4.88 Å². The average molecular weight is 275 g/mol. The van der Waals surface area contributed by atoms with Gasteiger partial charge in [-0.2, -0.15) is 0 Å². The van der Waals surface area contributed by atoms with Crippen LogP contribution in [0.2, 0.25) is 0 Å². The van der Waals surface area contributed by atoms with Crippen LogP contribution in [-0.4, -0.2) is 15.9 Å². The molecule has 19 heavy (non-hydrogen) atoms. The van der Waals surface area contributed by atoms with Crippen LogP contribution in [0, 0.1) is 0 Å². The third kappa shape index (κ3) is 3.61. The van der Waals surface area contributed by atoms with E-state index in [4.69, 9.17) is 0 Å². The highest BCUT2D eigenvalue weighted by atomic mass is 32.1. The topological polar surface area (TPSA) is 54.9 Å². The summed E-state index contributed by atoms with van der Waals surface area (Å²) in [6.07, 6.45) is 5.07. The Kier molecular flexibility index (Phi) is 3.95. The highest BCUT2D eigenvalue weighted by molar-refractivity contribution is 7.13. The minimum atomic E-state index is -0.0789. The average Bonchev–Trinajstić information content (AvgIpc) is 2.87. The zero-order valence-corrected chi connectivity index (χ0v) is 12.1. The molecule has 0 atom stereocenters. The minimum absolute atomic E-state index is 0.0195. The second kappa shape index (κ2) is 5.48. The molecule has 100 valence electrons. The van der Waals surface area contributed by atoms with Crippen molar-refractivity contribution in [3.63, 3.8) is 0 Å². The van der Waals surface area contributed by atoms with Crippen LogP contribution in [0.1, 0.15) is 41.0 Å². The van der Waals surface area contributed by atoms with Gasteiger partial charge in [-0.3, -0.25) is 9.78 Å². The molecule has 0 bridgehead atoms. The van der Waals surface area contributed by atoms with Crippen LogP contribution < -0.4 is 5.32 Å². The first-order valence-electron chi connectivity index (χ1n) is 6.10. The molecular formula is C14H17N3OS. The third-order valence-corrected chi connectivity index (χ3v) is 4.00. The number of nitrogens with zero attached hydrogens (tertiary/aromatic N) is 2. The molecule has 0 spiro atoms. The van der Waals surface area contributed by atoms with E-state index < -0.39 is 0 Å². The maximum absolute atomic E-state index is 12.0. The van der Waals surface area contributed by atoms with Crippen molar-refractivity contribution in [3.8, 4) is 0 Å². The van der Waals surface area contributed by atoms with E-state index in [1.165, 1.54) is 11.3 Å². The van der Waals surface area contributed by atoms with E-state index in [1.54, 1.807) is 18.6 Å². The minimum Gasteiger partial charge on any atom is -0.347 e. The fraction of sp³-hybridized carbons (Fsp3) is 0.357. The highest BCUT2D eigenvalue weighted by Crippen LogP contribution is 2.26. The zero-order valence-electron chi connectivity index (χ0n) is 11.3. The molecule has 2 heterocycles. The van der Waals surface area contributed by atoms with E-state index in [9.17, 15) is 4.79 Å². The summed E-state index contributed by atoms with van der Waals surface area (Å²) in [5.41, 5.74) is 1.01. The molecule has 0 aliphatic rings. The summed E-state index contributed by atoms with van der Waals surface area (Å²) >= 11 is 1.45. The summed E-state index contributed by atoms with van der Waals surface area (Å²) in [4.78, 5) is 20.9. The number of pyridine rings is 1. The van der Waals surface area contributed by atoms with Gasteiger partial charge >= 0.3 is 0 Å². The molecule has 1 amide bonds. The predicted octanol–water partition coefficient (Wildman–Crippen LogP) is 2.77. The normalized spacial score (nSPS) is 11.3. The van der Waals surface area contributed by atoms with Gasteiger partial charge in [0.05, 0.1) is 11.2 Å². The number of rotatable bonds is 3. The lowest BCUT2D eigenvalue weighted by Gasteiger charge is -2.13. The smallest absolute Gasteiger partial charge is 0.263 e. The van der Waals surface area contributed by atoms with Gasteiger partial charge < -0.3 is 5.32 Å². The standard InChI is InChI=1S/C14H17N3OS/c1-14(2,3)13-17-9-11(19-13)12(18)16-8-10-4-6-15-7-5-10/h4-7,9H,8H2,1-3H3,(H,16,18). The molecule has 0 fully saturated rings. The fourth-order valence-electron chi connectivity index (χ4n) is 1.50. The van der Waals surface area contributed by atoms with Crippen LogP contribution in [-0.2, 0) is 12.0 Å². The predicted molar refractivity (Wildman–Crippen MR) is 76.2 cm³/mol. The number of aromatic nitrogens is 2. The Morgan fingerprint density at radius 2 is 2.00 bits per heavy atom. The first kappa shape index (κ1) is 13.7. The summed E-state index contributed by atoms with van der Waals surface area (Å²) in [5.74, 6) is -0.0789. The molecule has 2 rings (SSSR count). The van der Waals surface area contributed by atoms with E-state index >= 15 is 0 Å². The molecule has 1 N–H and O–H groups in total. The zero-order chi connectivity index (χ0) is 13.9. The number of nitrogens with one attached hydrogen (secondary N) is 1. The van der Waals surface area contributed by atoms with Crippen molar-refractivity contribution in [2.45, 2.75) is 32.7 Å². The van der Waals surface area contributed by atoms with Gasteiger partial charge in [0, 0.05) is 24.4 Å². The number of thiazole rings is 1. The lowest BCUT2D eigenvalue weighted by Crippen LogP contribution is -2.21. The van der Waals surface area contributed by atoms with E-state index in [2.05, 4.69) is 36.1 Å². The Bertz CT molecular complexity index is 558. The molecule has 0 aliphatic carbocycles. The quantitative estimate of drug-likeness (QED) is 0.937. The lowest BCUT2D eigenvalue weighted by atomic mass is 9.98. The molecule has 0 aliphatic heterocycles. The molecule has 2 aromatic rings. The molecular weight excluding hydrogens is 258 g/mol.